The van der Waals surface area contributed by atoms with E-state index >= 15 is 0 Å². The Morgan fingerprint density at radius 1 is 0.941 bits per heavy atom. The van der Waals surface area contributed by atoms with Crippen LogP contribution >= 0.6 is 0 Å². The Morgan fingerprint density at radius 2 is 1.65 bits per heavy atom. The van der Waals surface area contributed by atoms with Crippen LogP contribution in [0.15, 0.2) is 55.1 Å². The minimum Gasteiger partial charge on any atom is -0.378 e. The molecule has 86 valence electrons. The summed E-state index contributed by atoms with van der Waals surface area (Å²) in [5.74, 6) is 0. The molecule has 0 aromatic heterocycles. The van der Waals surface area contributed by atoms with Crippen molar-refractivity contribution in [1.29, 1.82) is 0 Å². The first-order chi connectivity index (χ1) is 8.20. The fraction of sp³-hybridized carbons (Fsp3) is 0.125. The van der Waals surface area contributed by atoms with E-state index in [2.05, 4.69) is 74.1 Å². The Labute approximate surface area is 103 Å². The number of rotatable bonds is 3. The van der Waals surface area contributed by atoms with Gasteiger partial charge in [0, 0.05) is 19.8 Å². The van der Waals surface area contributed by atoms with Crippen LogP contribution in [0, 0.1) is 0 Å². The SMILES string of the molecule is C=Cc1ccc(-c2cccc(N(C)C)c2)cc1. The van der Waals surface area contributed by atoms with Crippen molar-refractivity contribution in [2.75, 3.05) is 19.0 Å². The van der Waals surface area contributed by atoms with Crippen LogP contribution in [0.5, 0.6) is 0 Å². The Bertz CT molecular complexity index is 509. The molecule has 1 nitrogen and oxygen atoms in total. The van der Waals surface area contributed by atoms with Crippen molar-refractivity contribution in [3.8, 4) is 11.1 Å². The van der Waals surface area contributed by atoms with Gasteiger partial charge in [-0.2, -0.15) is 0 Å². The third-order valence-corrected chi connectivity index (χ3v) is 2.84. The third-order valence-electron chi connectivity index (χ3n) is 2.84. The highest BCUT2D eigenvalue weighted by atomic mass is 15.1. The Kier molecular flexibility index (Phi) is 3.29. The zero-order chi connectivity index (χ0) is 12.3. The lowest BCUT2D eigenvalue weighted by Gasteiger charge is -2.13. The van der Waals surface area contributed by atoms with Crippen molar-refractivity contribution in [2.24, 2.45) is 0 Å². The number of benzene rings is 2. The zero-order valence-electron chi connectivity index (χ0n) is 10.4. The molecule has 0 radical (unpaired) electrons. The minimum absolute atomic E-state index is 1.15. The second-order valence-corrected chi connectivity index (χ2v) is 4.27. The highest BCUT2D eigenvalue weighted by Crippen LogP contribution is 2.24. The first-order valence-electron chi connectivity index (χ1n) is 5.71. The maximum atomic E-state index is 3.76. The summed E-state index contributed by atoms with van der Waals surface area (Å²) in [6.45, 7) is 3.76. The third kappa shape index (κ3) is 2.56. The lowest BCUT2D eigenvalue weighted by molar-refractivity contribution is 1.13. The van der Waals surface area contributed by atoms with Crippen LogP contribution in [-0.2, 0) is 0 Å². The van der Waals surface area contributed by atoms with Crippen LogP contribution in [0.25, 0.3) is 17.2 Å². The van der Waals surface area contributed by atoms with Crippen LogP contribution in [-0.4, -0.2) is 14.1 Å². The molecule has 0 spiro atoms. The standard InChI is InChI=1S/C16H17N/c1-4-13-8-10-14(11-9-13)15-6-5-7-16(12-15)17(2)3/h4-12H,1H2,2-3H3. The fourth-order valence-electron chi connectivity index (χ4n) is 1.78. The highest BCUT2D eigenvalue weighted by Gasteiger charge is 2.00. The summed E-state index contributed by atoms with van der Waals surface area (Å²) < 4.78 is 0. The molecular weight excluding hydrogens is 206 g/mol. The van der Waals surface area contributed by atoms with Gasteiger partial charge in [0.25, 0.3) is 0 Å². The zero-order valence-corrected chi connectivity index (χ0v) is 10.4. The predicted octanol–water partition coefficient (Wildman–Crippen LogP) is 4.06. The first-order valence-corrected chi connectivity index (χ1v) is 5.71. The summed E-state index contributed by atoms with van der Waals surface area (Å²) in [5.41, 5.74) is 4.85. The van der Waals surface area contributed by atoms with Gasteiger partial charge in [0.15, 0.2) is 0 Å². The van der Waals surface area contributed by atoms with Crippen LogP contribution in [0.2, 0.25) is 0 Å². The second-order valence-electron chi connectivity index (χ2n) is 4.27. The van der Waals surface area contributed by atoms with Crippen LogP contribution in [0.3, 0.4) is 0 Å². The molecular formula is C16H17N. The topological polar surface area (TPSA) is 3.24 Å². The van der Waals surface area contributed by atoms with Gasteiger partial charge >= 0.3 is 0 Å². The van der Waals surface area contributed by atoms with E-state index in [1.165, 1.54) is 16.8 Å². The van der Waals surface area contributed by atoms with Gasteiger partial charge in [-0.05, 0) is 28.8 Å². The normalized spacial score (nSPS) is 10.0. The summed E-state index contributed by atoms with van der Waals surface area (Å²) in [6.07, 6.45) is 1.86. The van der Waals surface area contributed by atoms with Gasteiger partial charge in [-0.15, -0.1) is 0 Å². The largest absolute Gasteiger partial charge is 0.378 e. The summed E-state index contributed by atoms with van der Waals surface area (Å²) in [7, 11) is 4.11. The van der Waals surface area contributed by atoms with Crippen molar-refractivity contribution >= 4 is 11.8 Å². The second kappa shape index (κ2) is 4.88. The van der Waals surface area contributed by atoms with Gasteiger partial charge in [-0.25, -0.2) is 0 Å². The highest BCUT2D eigenvalue weighted by molar-refractivity contribution is 5.69. The van der Waals surface area contributed by atoms with E-state index in [1.807, 2.05) is 6.08 Å². The quantitative estimate of drug-likeness (QED) is 0.758. The van der Waals surface area contributed by atoms with Crippen LogP contribution in [0.4, 0.5) is 5.69 Å². The first kappa shape index (κ1) is 11.5. The molecule has 2 rings (SSSR count). The van der Waals surface area contributed by atoms with Crippen molar-refractivity contribution < 1.29 is 0 Å². The van der Waals surface area contributed by atoms with Crippen molar-refractivity contribution in [1.82, 2.24) is 0 Å². The van der Waals surface area contributed by atoms with Crippen molar-refractivity contribution in [3.05, 3.63) is 60.7 Å². The predicted molar refractivity (Wildman–Crippen MR) is 76.3 cm³/mol. The summed E-state index contributed by atoms with van der Waals surface area (Å²) in [4.78, 5) is 2.11. The molecule has 0 fully saturated rings. The maximum Gasteiger partial charge on any atom is 0.0367 e. The molecule has 2 aromatic carbocycles. The van der Waals surface area contributed by atoms with Gasteiger partial charge in [-0.3, -0.25) is 0 Å². The van der Waals surface area contributed by atoms with E-state index in [0.29, 0.717) is 0 Å². The molecule has 0 bridgehead atoms. The average molecular weight is 223 g/mol. The number of anilines is 1. The Hall–Kier alpha value is -2.02. The molecule has 0 unspecified atom stereocenters. The minimum atomic E-state index is 1.15. The smallest absolute Gasteiger partial charge is 0.0367 e. The van der Waals surface area contributed by atoms with Crippen molar-refractivity contribution in [2.45, 2.75) is 0 Å². The number of nitrogens with zero attached hydrogens (tertiary/aromatic N) is 1. The average Bonchev–Trinajstić information content (AvgIpc) is 2.39. The van der Waals surface area contributed by atoms with Gasteiger partial charge < -0.3 is 4.90 Å². The molecule has 0 amide bonds. The van der Waals surface area contributed by atoms with E-state index in [0.717, 1.165) is 5.56 Å². The van der Waals surface area contributed by atoms with E-state index < -0.39 is 0 Å². The van der Waals surface area contributed by atoms with Crippen LogP contribution in [0.1, 0.15) is 5.56 Å². The summed E-state index contributed by atoms with van der Waals surface area (Å²) in [5, 5.41) is 0. The van der Waals surface area contributed by atoms with E-state index in [1.54, 1.807) is 0 Å². The van der Waals surface area contributed by atoms with Gasteiger partial charge in [0.2, 0.25) is 0 Å². The molecule has 0 saturated heterocycles. The molecule has 0 aliphatic carbocycles. The van der Waals surface area contributed by atoms with Crippen molar-refractivity contribution in [3.63, 3.8) is 0 Å². The summed E-state index contributed by atoms with van der Waals surface area (Å²) >= 11 is 0. The molecule has 1 heteroatoms. The molecule has 0 aliphatic heterocycles. The Balaban J connectivity index is 2.38. The van der Waals surface area contributed by atoms with E-state index in [4.69, 9.17) is 0 Å². The maximum absolute atomic E-state index is 3.76. The molecule has 0 aliphatic rings. The van der Waals surface area contributed by atoms with Gasteiger partial charge in [-0.1, -0.05) is 49.1 Å². The van der Waals surface area contributed by atoms with Gasteiger partial charge in [0.1, 0.15) is 0 Å². The van der Waals surface area contributed by atoms with E-state index in [9.17, 15) is 0 Å². The number of hydrogen-bond acceptors (Lipinski definition) is 1. The summed E-state index contributed by atoms with van der Waals surface area (Å²) in [6, 6.07) is 17.0. The number of hydrogen-bond donors (Lipinski definition) is 0. The van der Waals surface area contributed by atoms with Gasteiger partial charge in [0.05, 0.1) is 0 Å². The molecule has 17 heavy (non-hydrogen) atoms. The van der Waals surface area contributed by atoms with E-state index in [-0.39, 0.29) is 0 Å². The fourth-order valence-corrected chi connectivity index (χ4v) is 1.78. The molecule has 0 atom stereocenters. The lowest BCUT2D eigenvalue weighted by Crippen LogP contribution is -2.08. The molecule has 0 heterocycles. The molecule has 0 N–H and O–H groups in total. The molecule has 2 aromatic rings. The lowest BCUT2D eigenvalue weighted by atomic mass is 10.0. The Morgan fingerprint density at radius 3 is 2.24 bits per heavy atom. The monoisotopic (exact) mass is 223 g/mol. The van der Waals surface area contributed by atoms with Crippen LogP contribution < -0.4 is 4.90 Å². The molecule has 0 saturated carbocycles.